The van der Waals surface area contributed by atoms with Crippen molar-refractivity contribution in [3.63, 3.8) is 0 Å². The largest absolute Gasteiger partial charge is 0.357 e. The first-order valence-electron chi connectivity index (χ1n) is 8.24. The fourth-order valence-electron chi connectivity index (χ4n) is 2.99. The van der Waals surface area contributed by atoms with E-state index in [1.54, 1.807) is 6.20 Å². The Labute approximate surface area is 160 Å². The Hall–Kier alpha value is -1.58. The zero-order chi connectivity index (χ0) is 16.1. The second kappa shape index (κ2) is 9.05. The highest BCUT2D eigenvalue weighted by molar-refractivity contribution is 14.0. The molecule has 8 heteroatoms. The Kier molecular flexibility index (Phi) is 7.07. The molecule has 1 unspecified atom stereocenters. The summed E-state index contributed by atoms with van der Waals surface area (Å²) in [4.78, 5) is 11.2. The number of likely N-dealkylation sites (tertiary alicyclic amines) is 1. The lowest BCUT2D eigenvalue weighted by Gasteiger charge is -2.21. The SMILES string of the molecule is CCNC(=NCCn1ccnc1)N1CCC(c2cnn(C)c2)C1.I. The molecule has 1 N–H and O–H groups in total. The highest BCUT2D eigenvalue weighted by Gasteiger charge is 2.26. The predicted molar refractivity (Wildman–Crippen MR) is 106 cm³/mol. The van der Waals surface area contributed by atoms with Gasteiger partial charge in [-0.2, -0.15) is 5.10 Å². The van der Waals surface area contributed by atoms with Gasteiger partial charge < -0.3 is 14.8 Å². The molecule has 0 aliphatic carbocycles. The second-order valence-corrected chi connectivity index (χ2v) is 5.92. The van der Waals surface area contributed by atoms with E-state index in [-0.39, 0.29) is 24.0 Å². The molecule has 7 nitrogen and oxygen atoms in total. The quantitative estimate of drug-likeness (QED) is 0.434. The second-order valence-electron chi connectivity index (χ2n) is 5.92. The average Bonchev–Trinajstić information content (AvgIpc) is 3.27. The van der Waals surface area contributed by atoms with Crippen molar-refractivity contribution in [3.8, 4) is 0 Å². The van der Waals surface area contributed by atoms with Gasteiger partial charge in [0.15, 0.2) is 5.96 Å². The maximum Gasteiger partial charge on any atom is 0.193 e. The first-order valence-corrected chi connectivity index (χ1v) is 8.24. The summed E-state index contributed by atoms with van der Waals surface area (Å²) in [6.07, 6.45) is 10.9. The van der Waals surface area contributed by atoms with Crippen LogP contribution in [0.4, 0.5) is 0 Å². The normalized spacial score (nSPS) is 17.8. The highest BCUT2D eigenvalue weighted by atomic mass is 127. The van der Waals surface area contributed by atoms with Gasteiger partial charge in [0.2, 0.25) is 0 Å². The van der Waals surface area contributed by atoms with Crippen LogP contribution in [0.1, 0.15) is 24.8 Å². The van der Waals surface area contributed by atoms with Crippen molar-refractivity contribution in [2.45, 2.75) is 25.8 Å². The number of guanidine groups is 1. The Balaban J connectivity index is 0.00000208. The average molecular weight is 443 g/mol. The van der Waals surface area contributed by atoms with Gasteiger partial charge in [-0.05, 0) is 18.9 Å². The number of hydrogen-bond donors (Lipinski definition) is 1. The van der Waals surface area contributed by atoms with Crippen molar-refractivity contribution < 1.29 is 0 Å². The third-order valence-corrected chi connectivity index (χ3v) is 4.20. The first-order chi connectivity index (χ1) is 11.3. The van der Waals surface area contributed by atoms with Crippen LogP contribution in [0.2, 0.25) is 0 Å². The van der Waals surface area contributed by atoms with E-state index in [9.17, 15) is 0 Å². The number of nitrogens with zero attached hydrogens (tertiary/aromatic N) is 6. The van der Waals surface area contributed by atoms with Crippen molar-refractivity contribution in [2.75, 3.05) is 26.2 Å². The number of imidazole rings is 1. The van der Waals surface area contributed by atoms with E-state index >= 15 is 0 Å². The molecule has 3 heterocycles. The Morgan fingerprint density at radius 1 is 1.46 bits per heavy atom. The molecule has 1 saturated heterocycles. The Morgan fingerprint density at radius 3 is 3.00 bits per heavy atom. The lowest BCUT2D eigenvalue weighted by molar-refractivity contribution is 0.485. The van der Waals surface area contributed by atoms with Gasteiger partial charge in [0.1, 0.15) is 0 Å². The smallest absolute Gasteiger partial charge is 0.193 e. The highest BCUT2D eigenvalue weighted by Crippen LogP contribution is 2.26. The molecule has 0 spiro atoms. The third kappa shape index (κ3) is 4.71. The fourth-order valence-corrected chi connectivity index (χ4v) is 2.99. The van der Waals surface area contributed by atoms with Crippen molar-refractivity contribution in [2.24, 2.45) is 12.0 Å². The summed E-state index contributed by atoms with van der Waals surface area (Å²) in [6.45, 7) is 6.65. The van der Waals surface area contributed by atoms with Gasteiger partial charge in [-0.3, -0.25) is 9.67 Å². The minimum Gasteiger partial charge on any atom is -0.357 e. The van der Waals surface area contributed by atoms with Gasteiger partial charge in [0.25, 0.3) is 0 Å². The summed E-state index contributed by atoms with van der Waals surface area (Å²) < 4.78 is 3.93. The molecule has 3 rings (SSSR count). The summed E-state index contributed by atoms with van der Waals surface area (Å²) >= 11 is 0. The molecule has 0 radical (unpaired) electrons. The maximum absolute atomic E-state index is 4.77. The van der Waals surface area contributed by atoms with Crippen LogP contribution in [0.5, 0.6) is 0 Å². The van der Waals surface area contributed by atoms with Crippen LogP contribution < -0.4 is 5.32 Å². The monoisotopic (exact) mass is 443 g/mol. The summed E-state index contributed by atoms with van der Waals surface area (Å²) in [5.74, 6) is 1.56. The van der Waals surface area contributed by atoms with Crippen LogP contribution in [0.15, 0.2) is 36.1 Å². The minimum atomic E-state index is 0. The molecule has 1 fully saturated rings. The summed E-state index contributed by atoms with van der Waals surface area (Å²) in [5.41, 5.74) is 1.32. The number of hydrogen-bond acceptors (Lipinski definition) is 3. The van der Waals surface area contributed by atoms with E-state index in [4.69, 9.17) is 4.99 Å². The lowest BCUT2D eigenvalue weighted by Crippen LogP contribution is -2.40. The van der Waals surface area contributed by atoms with Gasteiger partial charge in [0.05, 0.1) is 19.1 Å². The molecule has 0 amide bonds. The van der Waals surface area contributed by atoms with Crippen molar-refractivity contribution in [3.05, 3.63) is 36.7 Å². The number of nitrogens with one attached hydrogen (secondary N) is 1. The molecule has 1 aliphatic heterocycles. The van der Waals surface area contributed by atoms with Crippen LogP contribution in [-0.4, -0.2) is 56.4 Å². The molecule has 2 aromatic heterocycles. The zero-order valence-electron chi connectivity index (χ0n) is 14.3. The summed E-state index contributed by atoms with van der Waals surface area (Å²) in [6, 6.07) is 0. The fraction of sp³-hybridized carbons (Fsp3) is 0.562. The number of aryl methyl sites for hydroxylation is 1. The van der Waals surface area contributed by atoms with Crippen molar-refractivity contribution >= 4 is 29.9 Å². The molecular formula is C16H26IN7. The summed E-state index contributed by atoms with van der Waals surface area (Å²) in [5, 5.41) is 7.70. The number of aliphatic imine (C=N–C) groups is 1. The van der Waals surface area contributed by atoms with E-state index in [1.807, 2.05) is 30.5 Å². The molecule has 24 heavy (non-hydrogen) atoms. The molecule has 0 bridgehead atoms. The first kappa shape index (κ1) is 18.8. The van der Waals surface area contributed by atoms with Gasteiger partial charge in [-0.1, -0.05) is 0 Å². The van der Waals surface area contributed by atoms with Gasteiger partial charge in [0, 0.05) is 57.7 Å². The van der Waals surface area contributed by atoms with Crippen molar-refractivity contribution in [1.82, 2.24) is 29.5 Å². The van der Waals surface area contributed by atoms with Gasteiger partial charge >= 0.3 is 0 Å². The molecule has 0 saturated carbocycles. The van der Waals surface area contributed by atoms with E-state index < -0.39 is 0 Å². The topological polar surface area (TPSA) is 63.3 Å². The Bertz CT molecular complexity index is 635. The van der Waals surface area contributed by atoms with Crippen LogP contribution in [-0.2, 0) is 13.6 Å². The number of rotatable bonds is 5. The molecule has 2 aromatic rings. The maximum atomic E-state index is 4.77. The third-order valence-electron chi connectivity index (χ3n) is 4.20. The molecule has 132 valence electrons. The number of aromatic nitrogens is 4. The van der Waals surface area contributed by atoms with E-state index in [2.05, 4.69) is 38.0 Å². The molecule has 1 aliphatic rings. The zero-order valence-corrected chi connectivity index (χ0v) is 16.6. The summed E-state index contributed by atoms with van der Waals surface area (Å²) in [7, 11) is 1.97. The van der Waals surface area contributed by atoms with Crippen LogP contribution >= 0.6 is 24.0 Å². The van der Waals surface area contributed by atoms with E-state index in [0.29, 0.717) is 5.92 Å². The van der Waals surface area contributed by atoms with Crippen LogP contribution in [0, 0.1) is 0 Å². The van der Waals surface area contributed by atoms with Crippen LogP contribution in [0.25, 0.3) is 0 Å². The lowest BCUT2D eigenvalue weighted by atomic mass is 10.0. The van der Waals surface area contributed by atoms with E-state index in [1.165, 1.54) is 5.56 Å². The van der Waals surface area contributed by atoms with Gasteiger partial charge in [-0.25, -0.2) is 4.98 Å². The van der Waals surface area contributed by atoms with Gasteiger partial charge in [-0.15, -0.1) is 24.0 Å². The Morgan fingerprint density at radius 2 is 2.33 bits per heavy atom. The van der Waals surface area contributed by atoms with Crippen LogP contribution in [0.3, 0.4) is 0 Å². The molecule has 1 atom stereocenters. The predicted octanol–water partition coefficient (Wildman–Crippen LogP) is 1.69. The minimum absolute atomic E-state index is 0. The standard InChI is InChI=1S/C16H25N7.HI/c1-3-18-16(19-6-9-22-8-5-17-13-22)23-7-4-14(12-23)15-10-20-21(2)11-15;/h5,8,10-11,13-14H,3-4,6-7,9,12H2,1-2H3,(H,18,19);1H. The van der Waals surface area contributed by atoms with E-state index in [0.717, 1.165) is 45.1 Å². The van der Waals surface area contributed by atoms with Crippen molar-refractivity contribution in [1.29, 1.82) is 0 Å². The molecule has 0 aromatic carbocycles. The number of halogens is 1. The molecular weight excluding hydrogens is 417 g/mol.